The minimum Gasteiger partial charge on any atom is -0.320 e. The second kappa shape index (κ2) is 6.44. The molecule has 4 rings (SSSR count). The molecule has 1 saturated carbocycles. The predicted molar refractivity (Wildman–Crippen MR) is 106 cm³/mol. The first-order valence-corrected chi connectivity index (χ1v) is 9.49. The zero-order chi connectivity index (χ0) is 19.3. The Morgan fingerprint density at radius 2 is 1.93 bits per heavy atom. The first-order chi connectivity index (χ1) is 12.8. The summed E-state index contributed by atoms with van der Waals surface area (Å²) in [6, 6.07) is 4.11. The van der Waals surface area contributed by atoms with E-state index in [2.05, 4.69) is 29.2 Å². The number of aryl methyl sites for hydroxylation is 3. The van der Waals surface area contributed by atoms with Crippen molar-refractivity contribution in [1.82, 2.24) is 19.7 Å². The fourth-order valence-electron chi connectivity index (χ4n) is 3.58. The molecule has 140 valence electrons. The Morgan fingerprint density at radius 3 is 2.56 bits per heavy atom. The molecule has 0 aromatic carbocycles. The number of nitrogens with one attached hydrogen (secondary N) is 1. The minimum atomic E-state index is -0.135. The summed E-state index contributed by atoms with van der Waals surface area (Å²) in [6.07, 6.45) is 4.02. The van der Waals surface area contributed by atoms with Crippen molar-refractivity contribution >= 4 is 22.6 Å². The van der Waals surface area contributed by atoms with Crippen LogP contribution in [0.25, 0.3) is 11.0 Å². The van der Waals surface area contributed by atoms with Crippen molar-refractivity contribution in [3.63, 3.8) is 0 Å². The fraction of sp³-hybridized carbons (Fsp3) is 0.429. The molecule has 27 heavy (non-hydrogen) atoms. The quantitative estimate of drug-likeness (QED) is 0.743. The van der Waals surface area contributed by atoms with Crippen LogP contribution in [0.4, 0.5) is 5.69 Å². The van der Waals surface area contributed by atoms with Crippen LogP contribution in [0.2, 0.25) is 0 Å². The van der Waals surface area contributed by atoms with Crippen LogP contribution in [0, 0.1) is 20.8 Å². The second-order valence-electron chi connectivity index (χ2n) is 7.78. The highest BCUT2D eigenvalue weighted by molar-refractivity contribution is 6.12. The smallest absolute Gasteiger partial charge is 0.256 e. The third-order valence-electron chi connectivity index (χ3n) is 5.08. The number of fused-ring (bicyclic) bond motifs is 1. The van der Waals surface area contributed by atoms with Crippen molar-refractivity contribution in [2.45, 2.75) is 59.4 Å². The van der Waals surface area contributed by atoms with E-state index >= 15 is 0 Å². The number of carbonyl (C=O) groups is 1. The monoisotopic (exact) mass is 363 g/mol. The second-order valence-corrected chi connectivity index (χ2v) is 7.78. The first-order valence-electron chi connectivity index (χ1n) is 9.49. The maximum Gasteiger partial charge on any atom is 0.256 e. The molecule has 0 unspecified atom stereocenters. The van der Waals surface area contributed by atoms with Gasteiger partial charge in [0.2, 0.25) is 0 Å². The van der Waals surface area contributed by atoms with Gasteiger partial charge in [0, 0.05) is 23.3 Å². The molecule has 1 fully saturated rings. The van der Waals surface area contributed by atoms with E-state index in [1.807, 2.05) is 37.6 Å². The van der Waals surface area contributed by atoms with E-state index < -0.39 is 0 Å². The summed E-state index contributed by atoms with van der Waals surface area (Å²) in [5, 5.41) is 8.34. The van der Waals surface area contributed by atoms with Crippen LogP contribution in [0.3, 0.4) is 0 Å². The Balaban J connectivity index is 1.80. The number of pyridine rings is 2. The minimum absolute atomic E-state index is 0.135. The van der Waals surface area contributed by atoms with Crippen molar-refractivity contribution < 1.29 is 4.79 Å². The molecule has 0 atom stereocenters. The molecule has 1 aliphatic rings. The van der Waals surface area contributed by atoms with Crippen molar-refractivity contribution in [2.75, 3.05) is 5.32 Å². The van der Waals surface area contributed by atoms with E-state index in [0.717, 1.165) is 52.2 Å². The van der Waals surface area contributed by atoms with Crippen molar-refractivity contribution in [3.05, 3.63) is 46.5 Å². The van der Waals surface area contributed by atoms with Crippen LogP contribution in [0.15, 0.2) is 18.3 Å². The highest BCUT2D eigenvalue weighted by atomic mass is 16.1. The molecule has 6 nitrogen and oxygen atoms in total. The van der Waals surface area contributed by atoms with E-state index in [9.17, 15) is 4.79 Å². The standard InChI is InChI=1S/C21H25N5O/c1-11(2)26-20-17(10-22-26)16(9-18(24-20)15-6-7-15)21(27)25-19-12(3)8-13(4)23-14(19)5/h8-11,15H,6-7H2,1-5H3,(H,25,27). The molecule has 3 aromatic rings. The number of anilines is 1. The number of nitrogens with zero attached hydrogens (tertiary/aromatic N) is 4. The van der Waals surface area contributed by atoms with Crippen LogP contribution in [0.1, 0.15) is 71.7 Å². The maximum atomic E-state index is 13.2. The van der Waals surface area contributed by atoms with Gasteiger partial charge in [0.25, 0.3) is 5.91 Å². The molecule has 0 spiro atoms. The molecule has 1 N–H and O–H groups in total. The molecule has 6 heteroatoms. The highest BCUT2D eigenvalue weighted by Gasteiger charge is 2.28. The Kier molecular flexibility index (Phi) is 4.21. The number of hydrogen-bond donors (Lipinski definition) is 1. The lowest BCUT2D eigenvalue weighted by atomic mass is 10.1. The summed E-state index contributed by atoms with van der Waals surface area (Å²) in [6.45, 7) is 10.0. The average Bonchev–Trinajstić information content (AvgIpc) is 3.35. The van der Waals surface area contributed by atoms with E-state index in [1.54, 1.807) is 6.20 Å². The number of amides is 1. The van der Waals surface area contributed by atoms with Crippen molar-refractivity contribution in [1.29, 1.82) is 0 Å². The lowest BCUT2D eigenvalue weighted by molar-refractivity contribution is 0.102. The zero-order valence-electron chi connectivity index (χ0n) is 16.5. The van der Waals surface area contributed by atoms with Crippen LogP contribution in [-0.4, -0.2) is 25.7 Å². The first kappa shape index (κ1) is 17.6. The summed E-state index contributed by atoms with van der Waals surface area (Å²) in [4.78, 5) is 22.5. The number of hydrogen-bond acceptors (Lipinski definition) is 4. The molecule has 0 saturated heterocycles. The van der Waals surface area contributed by atoms with Gasteiger partial charge in [-0.2, -0.15) is 5.10 Å². The molecule has 1 amide bonds. The van der Waals surface area contributed by atoms with Gasteiger partial charge in [-0.25, -0.2) is 9.67 Å². The van der Waals surface area contributed by atoms with Crippen LogP contribution >= 0.6 is 0 Å². The van der Waals surface area contributed by atoms with Crippen LogP contribution in [-0.2, 0) is 0 Å². The Bertz CT molecular complexity index is 1020. The van der Waals surface area contributed by atoms with Gasteiger partial charge in [0.05, 0.1) is 28.5 Å². The average molecular weight is 363 g/mol. The number of aromatic nitrogens is 4. The van der Waals surface area contributed by atoms with E-state index in [4.69, 9.17) is 4.98 Å². The highest BCUT2D eigenvalue weighted by Crippen LogP contribution is 2.40. The molecule has 0 bridgehead atoms. The lowest BCUT2D eigenvalue weighted by Gasteiger charge is -2.13. The van der Waals surface area contributed by atoms with E-state index in [0.29, 0.717) is 11.5 Å². The molecule has 3 heterocycles. The molecular formula is C21H25N5O. The largest absolute Gasteiger partial charge is 0.320 e. The third-order valence-corrected chi connectivity index (χ3v) is 5.08. The van der Waals surface area contributed by atoms with Crippen LogP contribution in [0.5, 0.6) is 0 Å². The summed E-state index contributed by atoms with van der Waals surface area (Å²) < 4.78 is 1.89. The van der Waals surface area contributed by atoms with Gasteiger partial charge in [0.15, 0.2) is 5.65 Å². The molecule has 3 aromatic heterocycles. The number of carbonyl (C=O) groups excluding carboxylic acids is 1. The fourth-order valence-corrected chi connectivity index (χ4v) is 3.58. The summed E-state index contributed by atoms with van der Waals surface area (Å²) >= 11 is 0. The van der Waals surface area contributed by atoms with Crippen molar-refractivity contribution in [2.24, 2.45) is 0 Å². The van der Waals surface area contributed by atoms with Gasteiger partial charge in [-0.3, -0.25) is 9.78 Å². The number of rotatable bonds is 4. The molecule has 0 aliphatic heterocycles. The SMILES string of the molecule is Cc1cc(C)c(NC(=O)c2cc(C3CC3)nc3c2cnn3C(C)C)c(C)n1. The van der Waals surface area contributed by atoms with E-state index in [1.165, 1.54) is 0 Å². The van der Waals surface area contributed by atoms with Crippen LogP contribution < -0.4 is 5.32 Å². The maximum absolute atomic E-state index is 13.2. The van der Waals surface area contributed by atoms with Gasteiger partial charge in [-0.05, 0) is 65.2 Å². The summed E-state index contributed by atoms with van der Waals surface area (Å²) in [5.74, 6) is 0.324. The van der Waals surface area contributed by atoms with E-state index in [-0.39, 0.29) is 11.9 Å². The lowest BCUT2D eigenvalue weighted by Crippen LogP contribution is -2.16. The van der Waals surface area contributed by atoms with Gasteiger partial charge < -0.3 is 5.32 Å². The van der Waals surface area contributed by atoms with Gasteiger partial charge in [-0.1, -0.05) is 0 Å². The topological polar surface area (TPSA) is 72.7 Å². The molecule has 0 radical (unpaired) electrons. The molecular weight excluding hydrogens is 338 g/mol. The molecule has 1 aliphatic carbocycles. The van der Waals surface area contributed by atoms with Gasteiger partial charge in [0.1, 0.15) is 0 Å². The Morgan fingerprint density at radius 1 is 1.19 bits per heavy atom. The summed E-state index contributed by atoms with van der Waals surface area (Å²) in [5.41, 5.74) is 5.97. The predicted octanol–water partition coefficient (Wildman–Crippen LogP) is 4.46. The third kappa shape index (κ3) is 3.20. The van der Waals surface area contributed by atoms with Crippen molar-refractivity contribution in [3.8, 4) is 0 Å². The van der Waals surface area contributed by atoms with Gasteiger partial charge >= 0.3 is 0 Å². The zero-order valence-corrected chi connectivity index (χ0v) is 16.5. The normalized spacial score (nSPS) is 14.1. The van der Waals surface area contributed by atoms with Gasteiger partial charge in [-0.15, -0.1) is 0 Å². The Hall–Kier alpha value is -2.76. The summed E-state index contributed by atoms with van der Waals surface area (Å²) in [7, 11) is 0. The Labute approximate surface area is 159 Å².